The summed E-state index contributed by atoms with van der Waals surface area (Å²) in [6, 6.07) is 18.7. The molecule has 0 aliphatic rings. The van der Waals surface area contributed by atoms with E-state index in [0.29, 0.717) is 38.3 Å². The zero-order valence-corrected chi connectivity index (χ0v) is 27.2. The lowest BCUT2D eigenvalue weighted by Gasteiger charge is -2.32. The molecule has 3 aromatic carbocycles. The van der Waals surface area contributed by atoms with Crippen molar-refractivity contribution in [2.75, 3.05) is 17.1 Å². The molecule has 0 saturated carbocycles. The van der Waals surface area contributed by atoms with Crippen molar-refractivity contribution in [2.45, 2.75) is 58.7 Å². The smallest absolute Gasteiger partial charge is 0.243 e. The maximum absolute atomic E-state index is 13.9. The summed E-state index contributed by atoms with van der Waals surface area (Å²) in [5.74, 6) is -0.577. The van der Waals surface area contributed by atoms with Crippen LogP contribution in [0.5, 0.6) is 0 Å². The molecule has 0 aliphatic carbocycles. The zero-order valence-electron chi connectivity index (χ0n) is 24.1. The minimum atomic E-state index is -3.66. The number of benzene rings is 3. The first-order valence-electron chi connectivity index (χ1n) is 13.6. The van der Waals surface area contributed by atoms with E-state index in [4.69, 9.17) is 34.8 Å². The molecule has 226 valence electrons. The molecule has 7 nitrogen and oxygen atoms in total. The van der Waals surface area contributed by atoms with Crippen LogP contribution in [0.15, 0.2) is 66.7 Å². The molecule has 0 saturated heterocycles. The molecule has 1 N–H and O–H groups in total. The molecule has 3 rings (SSSR count). The SMILES string of the molecule is Cc1c(Cl)cccc1N(CCCC(=O)N(Cc1ccc(Cl)c(Cl)c1)C(Cc1ccccc1)C(=O)NC(C)C)S(C)(=O)=O. The normalized spacial score (nSPS) is 12.2. The molecule has 0 radical (unpaired) electrons. The van der Waals surface area contributed by atoms with Gasteiger partial charge in [-0.15, -0.1) is 0 Å². The fraction of sp³-hybridized carbons (Fsp3) is 0.355. The number of amides is 2. The second kappa shape index (κ2) is 15.1. The van der Waals surface area contributed by atoms with E-state index in [1.54, 1.807) is 48.2 Å². The number of carbonyl (C=O) groups excluding carboxylic acids is 2. The van der Waals surface area contributed by atoms with Gasteiger partial charge in [-0.2, -0.15) is 0 Å². The van der Waals surface area contributed by atoms with E-state index in [1.807, 2.05) is 44.2 Å². The van der Waals surface area contributed by atoms with Gasteiger partial charge in [0.1, 0.15) is 6.04 Å². The van der Waals surface area contributed by atoms with Gasteiger partial charge in [-0.1, -0.05) is 77.3 Å². The first kappa shape index (κ1) is 33.7. The Balaban J connectivity index is 1.92. The molecule has 0 aromatic heterocycles. The van der Waals surface area contributed by atoms with Crippen LogP contribution in [-0.4, -0.2) is 50.0 Å². The van der Waals surface area contributed by atoms with Gasteiger partial charge in [0.25, 0.3) is 0 Å². The lowest BCUT2D eigenvalue weighted by molar-refractivity contribution is -0.141. The van der Waals surface area contributed by atoms with Crippen molar-refractivity contribution in [1.29, 1.82) is 0 Å². The van der Waals surface area contributed by atoms with Crippen molar-refractivity contribution in [3.8, 4) is 0 Å². The predicted molar refractivity (Wildman–Crippen MR) is 172 cm³/mol. The number of sulfonamides is 1. The van der Waals surface area contributed by atoms with Crippen molar-refractivity contribution in [3.63, 3.8) is 0 Å². The van der Waals surface area contributed by atoms with E-state index in [2.05, 4.69) is 5.32 Å². The average Bonchev–Trinajstić information content (AvgIpc) is 2.92. The van der Waals surface area contributed by atoms with E-state index in [-0.39, 0.29) is 43.8 Å². The van der Waals surface area contributed by atoms with Crippen LogP contribution in [0, 0.1) is 6.92 Å². The molecule has 0 spiro atoms. The number of halogens is 3. The summed E-state index contributed by atoms with van der Waals surface area (Å²) < 4.78 is 26.7. The molecular weight excluding hydrogens is 617 g/mol. The largest absolute Gasteiger partial charge is 0.352 e. The highest BCUT2D eigenvalue weighted by atomic mass is 35.5. The number of hydrogen-bond acceptors (Lipinski definition) is 4. The van der Waals surface area contributed by atoms with Gasteiger partial charge < -0.3 is 10.2 Å². The highest BCUT2D eigenvalue weighted by molar-refractivity contribution is 7.92. The fourth-order valence-corrected chi connectivity index (χ4v) is 6.12. The second-order valence-corrected chi connectivity index (χ2v) is 13.6. The number of rotatable bonds is 13. The Morgan fingerprint density at radius 2 is 1.57 bits per heavy atom. The Hall–Kier alpha value is -2.78. The Labute approximate surface area is 263 Å². The first-order valence-corrected chi connectivity index (χ1v) is 16.6. The third-order valence-corrected chi connectivity index (χ3v) is 9.03. The maximum Gasteiger partial charge on any atom is 0.243 e. The minimum Gasteiger partial charge on any atom is -0.352 e. The monoisotopic (exact) mass is 651 g/mol. The fourth-order valence-electron chi connectivity index (χ4n) is 4.62. The Bertz CT molecular complexity index is 1500. The highest BCUT2D eigenvalue weighted by Crippen LogP contribution is 2.29. The van der Waals surface area contributed by atoms with Gasteiger partial charge in [0.15, 0.2) is 0 Å². The topological polar surface area (TPSA) is 86.8 Å². The average molecular weight is 653 g/mol. The third-order valence-electron chi connectivity index (χ3n) is 6.70. The number of nitrogens with zero attached hydrogens (tertiary/aromatic N) is 2. The summed E-state index contributed by atoms with van der Waals surface area (Å²) in [5.41, 5.74) is 2.70. The summed E-state index contributed by atoms with van der Waals surface area (Å²) in [6.07, 6.45) is 1.65. The first-order chi connectivity index (χ1) is 19.8. The van der Waals surface area contributed by atoms with Crippen LogP contribution >= 0.6 is 34.8 Å². The van der Waals surface area contributed by atoms with Gasteiger partial charge in [0.2, 0.25) is 21.8 Å². The lowest BCUT2D eigenvalue weighted by Crippen LogP contribution is -2.51. The van der Waals surface area contributed by atoms with Gasteiger partial charge in [-0.05, 0) is 68.1 Å². The molecular formula is C31H36Cl3N3O4S. The van der Waals surface area contributed by atoms with E-state index >= 15 is 0 Å². The summed E-state index contributed by atoms with van der Waals surface area (Å²) >= 11 is 18.7. The summed E-state index contributed by atoms with van der Waals surface area (Å²) in [6.45, 7) is 5.65. The molecule has 11 heteroatoms. The van der Waals surface area contributed by atoms with Crippen molar-refractivity contribution in [2.24, 2.45) is 0 Å². The highest BCUT2D eigenvalue weighted by Gasteiger charge is 2.31. The van der Waals surface area contributed by atoms with E-state index in [9.17, 15) is 18.0 Å². The Morgan fingerprint density at radius 3 is 2.19 bits per heavy atom. The lowest BCUT2D eigenvalue weighted by atomic mass is 10.0. The molecule has 0 bridgehead atoms. The standard InChI is InChI=1S/C31H36Cl3N3O4S/c1-21(2)35-31(39)29(19-23-10-6-5-7-11-23)36(20-24-15-16-26(33)27(34)18-24)30(38)14-9-17-37(42(4,40)41)28-13-8-12-25(32)22(28)3/h5-8,10-13,15-16,18,21,29H,9,14,17,19-20H2,1-4H3,(H,35,39). The number of anilines is 1. The third kappa shape index (κ3) is 9.36. The molecule has 0 heterocycles. The Kier molecular flexibility index (Phi) is 12.1. The van der Waals surface area contributed by atoms with E-state index in [0.717, 1.165) is 11.8 Å². The van der Waals surface area contributed by atoms with Crippen LogP contribution in [0.1, 0.15) is 43.4 Å². The van der Waals surface area contributed by atoms with Crippen molar-refractivity contribution < 1.29 is 18.0 Å². The molecule has 3 aromatic rings. The van der Waals surface area contributed by atoms with Gasteiger partial charge in [-0.3, -0.25) is 13.9 Å². The number of nitrogens with one attached hydrogen (secondary N) is 1. The summed E-state index contributed by atoms with van der Waals surface area (Å²) in [7, 11) is -3.66. The van der Waals surface area contributed by atoms with E-state index in [1.165, 1.54) is 4.31 Å². The molecule has 42 heavy (non-hydrogen) atoms. The predicted octanol–water partition coefficient (Wildman–Crippen LogP) is 6.67. The summed E-state index contributed by atoms with van der Waals surface area (Å²) in [5, 5.41) is 4.13. The van der Waals surface area contributed by atoms with Gasteiger partial charge in [0.05, 0.1) is 22.0 Å². The molecule has 1 atom stereocenters. The Morgan fingerprint density at radius 1 is 0.881 bits per heavy atom. The molecule has 0 aliphatic heterocycles. The second-order valence-electron chi connectivity index (χ2n) is 10.5. The van der Waals surface area contributed by atoms with Gasteiger partial charge in [-0.25, -0.2) is 8.42 Å². The molecule has 0 fully saturated rings. The van der Waals surface area contributed by atoms with Gasteiger partial charge in [0, 0.05) is 37.0 Å². The van der Waals surface area contributed by atoms with Crippen LogP contribution in [-0.2, 0) is 32.6 Å². The maximum atomic E-state index is 13.9. The number of hydrogen-bond donors (Lipinski definition) is 1. The summed E-state index contributed by atoms with van der Waals surface area (Å²) in [4.78, 5) is 29.0. The van der Waals surface area contributed by atoms with Crippen LogP contribution in [0.3, 0.4) is 0 Å². The van der Waals surface area contributed by atoms with Crippen LogP contribution in [0.4, 0.5) is 5.69 Å². The van der Waals surface area contributed by atoms with Gasteiger partial charge >= 0.3 is 0 Å². The van der Waals surface area contributed by atoms with Crippen molar-refractivity contribution in [3.05, 3.63) is 98.5 Å². The van der Waals surface area contributed by atoms with Crippen molar-refractivity contribution >= 4 is 62.3 Å². The van der Waals surface area contributed by atoms with Crippen molar-refractivity contribution in [1.82, 2.24) is 10.2 Å². The minimum absolute atomic E-state index is 0.00715. The zero-order chi connectivity index (χ0) is 31.0. The van der Waals surface area contributed by atoms with Crippen LogP contribution in [0.2, 0.25) is 15.1 Å². The molecule has 2 amide bonds. The van der Waals surface area contributed by atoms with Crippen LogP contribution < -0.4 is 9.62 Å². The van der Waals surface area contributed by atoms with E-state index < -0.39 is 16.1 Å². The molecule has 1 unspecified atom stereocenters. The number of carbonyl (C=O) groups is 2. The van der Waals surface area contributed by atoms with Crippen LogP contribution in [0.25, 0.3) is 0 Å². The quantitative estimate of drug-likeness (QED) is 0.224.